The van der Waals surface area contributed by atoms with E-state index in [1.165, 1.54) is 12.8 Å². The standard InChI is InChI=1S/C18H22O2/c1-17(2)10-4-5-18(17,3)16-9-6-8(13(10)16)14-11(19)7-12(20)15(9)14/h8-10,14-15H,4-7H2,1-3H3/t8-,9+,10+,14+,15-,18-/m1/s1. The van der Waals surface area contributed by atoms with Crippen molar-refractivity contribution in [3.8, 4) is 0 Å². The van der Waals surface area contributed by atoms with Crippen molar-refractivity contribution in [2.75, 3.05) is 0 Å². The summed E-state index contributed by atoms with van der Waals surface area (Å²) in [6.07, 6.45) is 3.92. The third-order valence-electron chi connectivity index (χ3n) is 8.13. The normalized spacial score (nSPS) is 54.0. The second kappa shape index (κ2) is 2.98. The van der Waals surface area contributed by atoms with Gasteiger partial charge in [-0.05, 0) is 47.8 Å². The van der Waals surface area contributed by atoms with Crippen molar-refractivity contribution in [1.82, 2.24) is 0 Å². The fraction of sp³-hybridized carbons (Fsp3) is 0.778. The van der Waals surface area contributed by atoms with Crippen molar-refractivity contribution < 1.29 is 9.59 Å². The summed E-state index contributed by atoms with van der Waals surface area (Å²) in [7, 11) is 0. The third-order valence-corrected chi connectivity index (χ3v) is 8.13. The maximum Gasteiger partial charge on any atom is 0.144 e. The van der Waals surface area contributed by atoms with Crippen molar-refractivity contribution in [3.63, 3.8) is 0 Å². The lowest BCUT2D eigenvalue weighted by molar-refractivity contribution is -0.123. The van der Waals surface area contributed by atoms with Gasteiger partial charge in [-0.1, -0.05) is 31.9 Å². The molecule has 0 aromatic heterocycles. The maximum absolute atomic E-state index is 12.3. The minimum absolute atomic E-state index is 0.0678. The monoisotopic (exact) mass is 270 g/mol. The fourth-order valence-corrected chi connectivity index (χ4v) is 7.06. The minimum Gasteiger partial charge on any atom is -0.299 e. The highest BCUT2D eigenvalue weighted by atomic mass is 16.2. The molecule has 0 aliphatic heterocycles. The lowest BCUT2D eigenvalue weighted by atomic mass is 9.63. The molecule has 20 heavy (non-hydrogen) atoms. The Labute approximate surface area is 120 Å². The molecule has 0 aromatic carbocycles. The van der Waals surface area contributed by atoms with Crippen molar-refractivity contribution in [2.24, 2.45) is 40.4 Å². The molecule has 0 heterocycles. The number of fused-ring (bicyclic) bond motifs is 11. The molecule has 3 fully saturated rings. The van der Waals surface area contributed by atoms with Gasteiger partial charge in [0.05, 0.1) is 6.42 Å². The number of ketones is 2. The van der Waals surface area contributed by atoms with Crippen LogP contribution in [0.1, 0.15) is 46.5 Å². The molecule has 3 saturated carbocycles. The molecule has 0 aromatic rings. The van der Waals surface area contributed by atoms with E-state index in [9.17, 15) is 9.59 Å². The first-order chi connectivity index (χ1) is 9.38. The molecule has 5 aliphatic rings. The van der Waals surface area contributed by atoms with E-state index in [2.05, 4.69) is 20.8 Å². The highest BCUT2D eigenvalue weighted by molar-refractivity contribution is 6.10. The molecule has 2 nitrogen and oxygen atoms in total. The lowest BCUT2D eigenvalue weighted by Gasteiger charge is -2.40. The van der Waals surface area contributed by atoms with E-state index in [4.69, 9.17) is 0 Å². The van der Waals surface area contributed by atoms with Crippen molar-refractivity contribution in [2.45, 2.75) is 46.5 Å². The first-order valence-electron chi connectivity index (χ1n) is 8.18. The van der Waals surface area contributed by atoms with Crippen LogP contribution >= 0.6 is 0 Å². The molecule has 106 valence electrons. The van der Waals surface area contributed by atoms with Crippen LogP contribution in [0.15, 0.2) is 11.1 Å². The molecule has 0 radical (unpaired) electrons. The van der Waals surface area contributed by atoms with Gasteiger partial charge in [0.2, 0.25) is 0 Å². The van der Waals surface area contributed by atoms with Crippen LogP contribution in [0.3, 0.4) is 0 Å². The van der Waals surface area contributed by atoms with Crippen LogP contribution in [-0.2, 0) is 9.59 Å². The zero-order valence-corrected chi connectivity index (χ0v) is 12.5. The van der Waals surface area contributed by atoms with E-state index >= 15 is 0 Å². The molecule has 0 N–H and O–H groups in total. The highest BCUT2D eigenvalue weighted by Gasteiger charge is 2.71. The van der Waals surface area contributed by atoms with Crippen molar-refractivity contribution in [3.05, 3.63) is 11.1 Å². The van der Waals surface area contributed by atoms with Crippen LogP contribution < -0.4 is 0 Å². The summed E-state index contributed by atoms with van der Waals surface area (Å²) in [4.78, 5) is 24.5. The zero-order valence-electron chi connectivity index (χ0n) is 12.5. The largest absolute Gasteiger partial charge is 0.299 e. The Bertz CT molecular complexity index is 611. The van der Waals surface area contributed by atoms with Crippen LogP contribution in [-0.4, -0.2) is 11.6 Å². The van der Waals surface area contributed by atoms with E-state index in [1.54, 1.807) is 11.1 Å². The van der Waals surface area contributed by atoms with Gasteiger partial charge >= 0.3 is 0 Å². The molecule has 5 aliphatic carbocycles. The van der Waals surface area contributed by atoms with E-state index in [0.29, 0.717) is 28.6 Å². The zero-order chi connectivity index (χ0) is 14.0. The Kier molecular flexibility index (Phi) is 1.74. The smallest absolute Gasteiger partial charge is 0.144 e. The first-order valence-corrected chi connectivity index (χ1v) is 8.18. The highest BCUT2D eigenvalue weighted by Crippen LogP contribution is 2.77. The maximum atomic E-state index is 12.3. The second-order valence-electron chi connectivity index (χ2n) is 8.62. The van der Waals surface area contributed by atoms with Crippen molar-refractivity contribution in [1.29, 1.82) is 0 Å². The Morgan fingerprint density at radius 2 is 1.65 bits per heavy atom. The first kappa shape index (κ1) is 11.7. The SMILES string of the molecule is CC1(C)[C@H]2CC[C@]1(C)C1=C2[C@H]2C[C@H]1[C@@H]1C(=O)CC(=O)[C@@H]12. The summed E-state index contributed by atoms with van der Waals surface area (Å²) in [5, 5.41) is 0. The number of rotatable bonds is 0. The summed E-state index contributed by atoms with van der Waals surface area (Å²) >= 11 is 0. The molecule has 0 spiro atoms. The van der Waals surface area contributed by atoms with Crippen molar-refractivity contribution >= 4 is 11.6 Å². The van der Waals surface area contributed by atoms with Gasteiger partial charge in [-0.15, -0.1) is 0 Å². The van der Waals surface area contributed by atoms with Gasteiger partial charge in [0.25, 0.3) is 0 Å². The van der Waals surface area contributed by atoms with Crippen LogP contribution in [0, 0.1) is 40.4 Å². The quantitative estimate of drug-likeness (QED) is 0.385. The molecule has 6 atom stereocenters. The van der Waals surface area contributed by atoms with Gasteiger partial charge in [-0.25, -0.2) is 0 Å². The summed E-state index contributed by atoms with van der Waals surface area (Å²) in [6, 6.07) is 0. The Hall–Kier alpha value is -0.920. The van der Waals surface area contributed by atoms with E-state index in [0.717, 1.165) is 6.42 Å². The number of carbonyl (C=O) groups excluding carboxylic acids is 2. The topological polar surface area (TPSA) is 34.1 Å². The minimum atomic E-state index is 0.0678. The molecule has 5 rings (SSSR count). The number of Topliss-reactive ketones (excluding diaryl/α,β-unsaturated/α-hetero) is 2. The molecule has 2 heteroatoms. The fourth-order valence-electron chi connectivity index (χ4n) is 7.06. The van der Waals surface area contributed by atoms with Crippen LogP contribution in [0.2, 0.25) is 0 Å². The van der Waals surface area contributed by atoms with Gasteiger partial charge in [0.15, 0.2) is 0 Å². The molecule has 0 amide bonds. The average molecular weight is 270 g/mol. The van der Waals surface area contributed by atoms with Crippen LogP contribution in [0.25, 0.3) is 0 Å². The van der Waals surface area contributed by atoms with Gasteiger partial charge in [0, 0.05) is 11.8 Å². The average Bonchev–Trinajstić information content (AvgIpc) is 3.07. The van der Waals surface area contributed by atoms with E-state index < -0.39 is 0 Å². The Balaban J connectivity index is 1.71. The van der Waals surface area contributed by atoms with Crippen LogP contribution in [0.4, 0.5) is 0 Å². The summed E-state index contributed by atoms with van der Waals surface area (Å²) in [5.74, 6) is 2.19. The number of allylic oxidation sites excluding steroid dienone is 2. The second-order valence-corrected chi connectivity index (χ2v) is 8.62. The number of carbonyl (C=O) groups is 2. The molecular weight excluding hydrogens is 248 g/mol. The Morgan fingerprint density at radius 3 is 2.35 bits per heavy atom. The summed E-state index contributed by atoms with van der Waals surface area (Å²) in [6.45, 7) is 7.27. The van der Waals surface area contributed by atoms with Crippen LogP contribution in [0.5, 0.6) is 0 Å². The lowest BCUT2D eigenvalue weighted by Crippen LogP contribution is -2.34. The molecular formula is C18H22O2. The number of hydrogen-bond acceptors (Lipinski definition) is 2. The van der Waals surface area contributed by atoms with E-state index in [-0.39, 0.29) is 29.8 Å². The molecule has 4 bridgehead atoms. The van der Waals surface area contributed by atoms with Gasteiger partial charge < -0.3 is 0 Å². The predicted octanol–water partition coefficient (Wildman–Crippen LogP) is 3.16. The Morgan fingerprint density at radius 1 is 1.00 bits per heavy atom. The van der Waals surface area contributed by atoms with Gasteiger partial charge in [-0.3, -0.25) is 9.59 Å². The van der Waals surface area contributed by atoms with Gasteiger partial charge in [-0.2, -0.15) is 0 Å². The third kappa shape index (κ3) is 0.899. The molecule has 0 saturated heterocycles. The van der Waals surface area contributed by atoms with E-state index in [1.807, 2.05) is 0 Å². The number of hydrogen-bond donors (Lipinski definition) is 0. The predicted molar refractivity (Wildman–Crippen MR) is 74.8 cm³/mol. The van der Waals surface area contributed by atoms with Gasteiger partial charge in [0.1, 0.15) is 11.6 Å². The molecule has 0 unspecified atom stereocenters. The summed E-state index contributed by atoms with van der Waals surface area (Å²) in [5.41, 5.74) is 3.92. The summed E-state index contributed by atoms with van der Waals surface area (Å²) < 4.78 is 0.